The average molecular weight is 549 g/mol. The maximum absolute atomic E-state index is 12.8. The highest BCUT2D eigenvalue weighted by Gasteiger charge is 2.29. The molecule has 0 saturated heterocycles. The molecule has 0 spiro atoms. The van der Waals surface area contributed by atoms with Crippen molar-refractivity contribution in [1.82, 2.24) is 29.8 Å². The lowest BCUT2D eigenvalue weighted by Crippen LogP contribution is -2.38. The van der Waals surface area contributed by atoms with Crippen molar-refractivity contribution < 1.29 is 9.21 Å². The van der Waals surface area contributed by atoms with Gasteiger partial charge in [-0.25, -0.2) is 9.97 Å². The van der Waals surface area contributed by atoms with Crippen molar-refractivity contribution in [2.24, 2.45) is 0 Å². The van der Waals surface area contributed by atoms with E-state index in [1.54, 1.807) is 18.6 Å². The number of imidazole rings is 1. The highest BCUT2D eigenvalue weighted by molar-refractivity contribution is 9.11. The van der Waals surface area contributed by atoms with Gasteiger partial charge in [0.15, 0.2) is 18.0 Å². The third kappa shape index (κ3) is 4.39. The van der Waals surface area contributed by atoms with Crippen LogP contribution in [0.15, 0.2) is 69.6 Å². The molecule has 1 saturated carbocycles. The van der Waals surface area contributed by atoms with E-state index in [-0.39, 0.29) is 18.0 Å². The number of hydrogen-bond acceptors (Lipinski definition) is 7. The van der Waals surface area contributed by atoms with Crippen molar-refractivity contribution in [3.05, 3.63) is 70.0 Å². The second-order valence-corrected chi connectivity index (χ2v) is 11.0. The van der Waals surface area contributed by atoms with Crippen molar-refractivity contribution in [3.63, 3.8) is 0 Å². The molecule has 176 valence electrons. The Morgan fingerprint density at radius 2 is 2.09 bits per heavy atom. The number of nitrogens with one attached hydrogen (secondary N) is 1. The van der Waals surface area contributed by atoms with Gasteiger partial charge in [0.25, 0.3) is 5.91 Å². The fraction of sp³-hybridized carbons (Fsp3) is 0.240. The molecule has 5 aromatic heterocycles. The summed E-state index contributed by atoms with van der Waals surface area (Å²) in [5, 5.41) is 3.25. The monoisotopic (exact) mass is 548 g/mol. The van der Waals surface area contributed by atoms with E-state index >= 15 is 0 Å². The molecule has 2 unspecified atom stereocenters. The molecule has 0 aromatic carbocycles. The summed E-state index contributed by atoms with van der Waals surface area (Å²) in [6, 6.07) is 11.8. The van der Waals surface area contributed by atoms with E-state index < -0.39 is 0 Å². The quantitative estimate of drug-likeness (QED) is 0.294. The summed E-state index contributed by atoms with van der Waals surface area (Å²) in [5.41, 5.74) is 3.27. The van der Waals surface area contributed by atoms with Crippen LogP contribution >= 0.6 is 27.3 Å². The minimum absolute atomic E-state index is 0.0244. The van der Waals surface area contributed by atoms with Gasteiger partial charge in [-0.1, -0.05) is 6.07 Å². The maximum Gasteiger partial charge on any atom is 0.261 e. The molecule has 0 aliphatic heterocycles. The summed E-state index contributed by atoms with van der Waals surface area (Å²) in [5.74, 6) is 1.38. The van der Waals surface area contributed by atoms with Gasteiger partial charge in [0, 0.05) is 18.3 Å². The number of rotatable bonds is 5. The zero-order chi connectivity index (χ0) is 23.8. The molecule has 1 aliphatic rings. The predicted octanol–water partition coefficient (Wildman–Crippen LogP) is 5.89. The number of pyridine rings is 2. The standard InChI is InChI=1S/C25H21BrN6O2S/c26-23-8-7-22(35-23)25(33)30-15-4-3-5-16(10-15)32-20-11-18(21-13-27-14-34-21)29-12-19(20)31-24(32)17-6-1-2-9-28-17/h1-2,6-9,11-16H,3-5,10H2,(H,30,33). The van der Waals surface area contributed by atoms with Crippen LogP contribution in [0.25, 0.3) is 34.0 Å². The summed E-state index contributed by atoms with van der Waals surface area (Å²) in [7, 11) is 0. The first kappa shape index (κ1) is 22.1. The average Bonchev–Trinajstić information content (AvgIpc) is 3.64. The summed E-state index contributed by atoms with van der Waals surface area (Å²) >= 11 is 4.89. The number of carbonyl (C=O) groups excluding carboxylic acids is 1. The second kappa shape index (κ2) is 9.35. The van der Waals surface area contributed by atoms with Crippen LogP contribution in [0.1, 0.15) is 41.4 Å². The van der Waals surface area contributed by atoms with E-state index in [0.29, 0.717) is 16.3 Å². The number of hydrogen-bond donors (Lipinski definition) is 1. The Balaban J connectivity index is 1.38. The minimum Gasteiger partial charge on any atom is -0.442 e. The summed E-state index contributed by atoms with van der Waals surface area (Å²) < 4.78 is 8.70. The predicted molar refractivity (Wildman–Crippen MR) is 137 cm³/mol. The van der Waals surface area contributed by atoms with Crippen LogP contribution in [0.4, 0.5) is 0 Å². The van der Waals surface area contributed by atoms with Crippen molar-refractivity contribution in [1.29, 1.82) is 0 Å². The van der Waals surface area contributed by atoms with Crippen molar-refractivity contribution in [3.8, 4) is 23.0 Å². The molecule has 1 fully saturated rings. The highest BCUT2D eigenvalue weighted by atomic mass is 79.9. The topological polar surface area (TPSA) is 98.7 Å². The van der Waals surface area contributed by atoms with E-state index in [4.69, 9.17) is 9.40 Å². The SMILES string of the molecule is O=C(NC1CCCC(n2c(-c3ccccn3)nc3cnc(-c4cnco4)cc32)C1)c1ccc(Br)s1. The Labute approximate surface area is 213 Å². The number of amides is 1. The molecule has 5 heterocycles. The Morgan fingerprint density at radius 3 is 2.86 bits per heavy atom. The fourth-order valence-electron chi connectivity index (χ4n) is 4.74. The molecule has 5 aromatic rings. The lowest BCUT2D eigenvalue weighted by Gasteiger charge is -2.31. The van der Waals surface area contributed by atoms with E-state index in [2.05, 4.69) is 40.8 Å². The Bertz CT molecular complexity index is 1480. The Morgan fingerprint density at radius 1 is 1.14 bits per heavy atom. The molecule has 1 N–H and O–H groups in total. The first-order valence-electron chi connectivity index (χ1n) is 11.4. The molecule has 1 amide bonds. The zero-order valence-electron chi connectivity index (χ0n) is 18.6. The van der Waals surface area contributed by atoms with Gasteiger partial charge in [-0.2, -0.15) is 0 Å². The first-order valence-corrected chi connectivity index (χ1v) is 13.0. The summed E-state index contributed by atoms with van der Waals surface area (Å²) in [6.07, 6.45) is 10.4. The van der Waals surface area contributed by atoms with E-state index in [0.717, 1.165) is 52.0 Å². The molecule has 0 bridgehead atoms. The van der Waals surface area contributed by atoms with Crippen LogP contribution < -0.4 is 5.32 Å². The van der Waals surface area contributed by atoms with Gasteiger partial charge in [-0.05, 0) is 71.9 Å². The maximum atomic E-state index is 12.8. The van der Waals surface area contributed by atoms with Crippen LogP contribution in [0.5, 0.6) is 0 Å². The lowest BCUT2D eigenvalue weighted by atomic mass is 9.90. The Hall–Kier alpha value is -3.37. The third-order valence-corrected chi connectivity index (χ3v) is 7.92. The largest absolute Gasteiger partial charge is 0.442 e. The molecule has 0 radical (unpaired) electrons. The number of halogens is 1. The molecule has 8 nitrogen and oxygen atoms in total. The summed E-state index contributed by atoms with van der Waals surface area (Å²) in [4.78, 5) is 31.6. The lowest BCUT2D eigenvalue weighted by molar-refractivity contribution is 0.0925. The second-order valence-electron chi connectivity index (χ2n) is 8.54. The number of fused-ring (bicyclic) bond motifs is 1. The molecular weight excluding hydrogens is 528 g/mol. The van der Waals surface area contributed by atoms with Crippen LogP contribution in [0.2, 0.25) is 0 Å². The number of aromatic nitrogens is 5. The highest BCUT2D eigenvalue weighted by Crippen LogP contribution is 2.36. The van der Waals surface area contributed by atoms with E-state index in [9.17, 15) is 4.79 Å². The normalized spacial score (nSPS) is 18.1. The van der Waals surface area contributed by atoms with Gasteiger partial charge in [-0.3, -0.25) is 14.8 Å². The fourth-order valence-corrected chi connectivity index (χ4v) is 6.03. The van der Waals surface area contributed by atoms with Gasteiger partial charge in [0.1, 0.15) is 16.9 Å². The van der Waals surface area contributed by atoms with Crippen LogP contribution in [0.3, 0.4) is 0 Å². The number of nitrogens with zero attached hydrogens (tertiary/aromatic N) is 5. The molecule has 1 aliphatic carbocycles. The molecular formula is C25H21BrN6O2S. The molecule has 10 heteroatoms. The minimum atomic E-state index is -0.0244. The number of oxazole rings is 1. The Kier molecular flexibility index (Phi) is 5.91. The molecule has 2 atom stereocenters. The van der Waals surface area contributed by atoms with Gasteiger partial charge in [0.2, 0.25) is 0 Å². The van der Waals surface area contributed by atoms with Crippen LogP contribution in [0, 0.1) is 0 Å². The number of carbonyl (C=O) groups is 1. The molecule has 35 heavy (non-hydrogen) atoms. The summed E-state index contributed by atoms with van der Waals surface area (Å²) in [6.45, 7) is 0. The molecule has 6 rings (SSSR count). The first-order chi connectivity index (χ1) is 17.2. The van der Waals surface area contributed by atoms with Crippen molar-refractivity contribution in [2.45, 2.75) is 37.8 Å². The zero-order valence-corrected chi connectivity index (χ0v) is 21.0. The third-order valence-electron chi connectivity index (χ3n) is 6.30. The van der Waals surface area contributed by atoms with Gasteiger partial charge < -0.3 is 14.3 Å². The van der Waals surface area contributed by atoms with Crippen LogP contribution in [-0.2, 0) is 0 Å². The smallest absolute Gasteiger partial charge is 0.261 e. The number of thiophene rings is 1. The van der Waals surface area contributed by atoms with Gasteiger partial charge in [-0.15, -0.1) is 11.3 Å². The van der Waals surface area contributed by atoms with Gasteiger partial charge in [0.05, 0.1) is 26.6 Å². The van der Waals surface area contributed by atoms with Crippen molar-refractivity contribution in [2.75, 3.05) is 0 Å². The van der Waals surface area contributed by atoms with E-state index in [1.165, 1.54) is 17.7 Å². The van der Waals surface area contributed by atoms with E-state index in [1.807, 2.05) is 36.4 Å². The van der Waals surface area contributed by atoms with Crippen molar-refractivity contribution >= 4 is 44.2 Å². The van der Waals surface area contributed by atoms with Gasteiger partial charge >= 0.3 is 0 Å². The van der Waals surface area contributed by atoms with Crippen LogP contribution in [-0.4, -0.2) is 36.5 Å².